The lowest BCUT2D eigenvalue weighted by Crippen LogP contribution is -2.43. The van der Waals surface area contributed by atoms with Crippen LogP contribution < -0.4 is 16.2 Å². The largest absolute Gasteiger partial charge is 0.313 e. The van der Waals surface area contributed by atoms with E-state index in [1.54, 1.807) is 12.4 Å². The fourth-order valence-electron chi connectivity index (χ4n) is 1.27. The predicted octanol–water partition coefficient (Wildman–Crippen LogP) is 1.14. The molecule has 0 amide bonds. The molecule has 3 N–H and O–H groups in total. The van der Waals surface area contributed by atoms with Crippen LogP contribution in [-0.2, 0) is 0 Å². The lowest BCUT2D eigenvalue weighted by atomic mass is 10.3. The van der Waals surface area contributed by atoms with Crippen LogP contribution >= 0.6 is 0 Å². The second-order valence-electron chi connectivity index (χ2n) is 3.47. The van der Waals surface area contributed by atoms with Crippen molar-refractivity contribution in [3.63, 3.8) is 0 Å². The first-order valence-electron chi connectivity index (χ1n) is 5.44. The van der Waals surface area contributed by atoms with Gasteiger partial charge in [-0.2, -0.15) is 0 Å². The van der Waals surface area contributed by atoms with Gasteiger partial charge in [0.15, 0.2) is 0 Å². The Morgan fingerprint density at radius 3 is 3.00 bits per heavy atom. The number of hydrogen-bond acceptors (Lipinski definition) is 3. The van der Waals surface area contributed by atoms with Crippen LogP contribution in [0.25, 0.3) is 0 Å². The fourth-order valence-corrected chi connectivity index (χ4v) is 1.27. The Hall–Kier alpha value is -1.62. The molecule has 0 saturated carbocycles. The number of hydrazine groups is 1. The lowest BCUT2D eigenvalue weighted by molar-refractivity contribution is 0.797. The molecule has 0 radical (unpaired) electrons. The van der Waals surface area contributed by atoms with Crippen molar-refractivity contribution in [2.24, 2.45) is 10.8 Å². The highest BCUT2D eigenvalue weighted by molar-refractivity contribution is 5.94. The van der Waals surface area contributed by atoms with Crippen molar-refractivity contribution in [2.75, 3.05) is 18.5 Å². The van der Waals surface area contributed by atoms with Gasteiger partial charge in [0.2, 0.25) is 5.96 Å². The molecule has 16 heavy (non-hydrogen) atoms. The van der Waals surface area contributed by atoms with Gasteiger partial charge in [-0.1, -0.05) is 13.3 Å². The van der Waals surface area contributed by atoms with Crippen molar-refractivity contribution in [1.82, 2.24) is 10.4 Å². The van der Waals surface area contributed by atoms with Crippen molar-refractivity contribution in [1.29, 1.82) is 0 Å². The number of rotatable bonds is 4. The molecule has 88 valence electrons. The van der Waals surface area contributed by atoms with Gasteiger partial charge in [-0.15, -0.1) is 0 Å². The average molecular weight is 221 g/mol. The summed E-state index contributed by atoms with van der Waals surface area (Å²) in [6.07, 6.45) is 5.69. The number of guanidine groups is 1. The number of pyridine rings is 1. The van der Waals surface area contributed by atoms with Crippen LogP contribution in [-0.4, -0.2) is 24.5 Å². The minimum atomic E-state index is 0.654. The molecule has 0 aliphatic heterocycles. The molecule has 0 aromatic carbocycles. The minimum Gasteiger partial charge on any atom is -0.313 e. The summed E-state index contributed by atoms with van der Waals surface area (Å²) < 4.78 is 0. The summed E-state index contributed by atoms with van der Waals surface area (Å²) in [5, 5.41) is 0. The zero-order valence-corrected chi connectivity index (χ0v) is 9.85. The number of hydrogen-bond donors (Lipinski definition) is 2. The molecule has 1 aromatic heterocycles. The van der Waals surface area contributed by atoms with Gasteiger partial charge in [0, 0.05) is 19.8 Å². The molecule has 0 fully saturated rings. The summed E-state index contributed by atoms with van der Waals surface area (Å²) in [6.45, 7) is 2.91. The molecule has 0 aliphatic carbocycles. The van der Waals surface area contributed by atoms with E-state index in [9.17, 15) is 0 Å². The zero-order valence-electron chi connectivity index (χ0n) is 9.85. The van der Waals surface area contributed by atoms with E-state index in [0.29, 0.717) is 5.96 Å². The molecule has 1 aromatic rings. The van der Waals surface area contributed by atoms with E-state index in [1.807, 2.05) is 24.1 Å². The molecule has 0 atom stereocenters. The number of anilines is 1. The quantitative estimate of drug-likeness (QED) is 0.263. The molecule has 5 nitrogen and oxygen atoms in total. The van der Waals surface area contributed by atoms with Gasteiger partial charge < -0.3 is 4.90 Å². The first kappa shape index (κ1) is 12.4. The molecular weight excluding hydrogens is 202 g/mol. The molecule has 1 heterocycles. The second-order valence-corrected chi connectivity index (χ2v) is 3.47. The monoisotopic (exact) mass is 221 g/mol. The number of nitrogens with two attached hydrogens (primary N) is 1. The zero-order chi connectivity index (χ0) is 11.8. The maximum absolute atomic E-state index is 5.45. The minimum absolute atomic E-state index is 0.654. The van der Waals surface area contributed by atoms with E-state index >= 15 is 0 Å². The standard InChI is InChI=1S/C11H19N5/c1-3-4-8-14-11(15-12)16(2)10-6-5-7-13-9-10/h5-7,9H,3-4,8,12H2,1-2H3,(H,14,15). The smallest absolute Gasteiger partial charge is 0.212 e. The Bertz CT molecular complexity index is 322. The second kappa shape index (κ2) is 6.79. The van der Waals surface area contributed by atoms with Crippen LogP contribution in [0.4, 0.5) is 5.69 Å². The van der Waals surface area contributed by atoms with Crippen molar-refractivity contribution in [3.05, 3.63) is 24.5 Å². The summed E-state index contributed by atoms with van der Waals surface area (Å²) in [6, 6.07) is 3.84. The van der Waals surface area contributed by atoms with Crippen LogP contribution in [0.3, 0.4) is 0 Å². The maximum Gasteiger partial charge on any atom is 0.212 e. The number of unbranched alkanes of at least 4 members (excludes halogenated alkanes) is 1. The van der Waals surface area contributed by atoms with Crippen molar-refractivity contribution >= 4 is 11.6 Å². The number of aliphatic imine (C=N–C) groups is 1. The Morgan fingerprint density at radius 1 is 1.62 bits per heavy atom. The Labute approximate surface area is 96.4 Å². The first-order valence-corrected chi connectivity index (χ1v) is 5.44. The molecule has 0 unspecified atom stereocenters. The molecular formula is C11H19N5. The van der Waals surface area contributed by atoms with Gasteiger partial charge in [0.1, 0.15) is 0 Å². The van der Waals surface area contributed by atoms with E-state index < -0.39 is 0 Å². The lowest BCUT2D eigenvalue weighted by Gasteiger charge is -2.20. The maximum atomic E-state index is 5.45. The van der Waals surface area contributed by atoms with Crippen LogP contribution in [0.2, 0.25) is 0 Å². The summed E-state index contributed by atoms with van der Waals surface area (Å²) in [5.74, 6) is 6.10. The molecule has 0 aliphatic rings. The van der Waals surface area contributed by atoms with Crippen molar-refractivity contribution < 1.29 is 0 Å². The first-order chi connectivity index (χ1) is 7.79. The third-order valence-corrected chi connectivity index (χ3v) is 2.25. The molecule has 0 saturated heterocycles. The average Bonchev–Trinajstić information content (AvgIpc) is 2.35. The molecule has 0 spiro atoms. The topological polar surface area (TPSA) is 66.5 Å². The van der Waals surface area contributed by atoms with Gasteiger partial charge in [-0.05, 0) is 18.6 Å². The number of nitrogens with one attached hydrogen (secondary N) is 1. The van der Waals surface area contributed by atoms with Crippen LogP contribution in [0.1, 0.15) is 19.8 Å². The number of aromatic nitrogens is 1. The highest BCUT2D eigenvalue weighted by Crippen LogP contribution is 2.08. The van der Waals surface area contributed by atoms with Gasteiger partial charge in [-0.25, -0.2) is 5.84 Å². The third-order valence-electron chi connectivity index (χ3n) is 2.25. The van der Waals surface area contributed by atoms with Crippen molar-refractivity contribution in [3.8, 4) is 0 Å². The summed E-state index contributed by atoms with van der Waals surface area (Å²) >= 11 is 0. The third kappa shape index (κ3) is 3.51. The molecule has 5 heteroatoms. The number of nitrogens with zero attached hydrogens (tertiary/aromatic N) is 3. The molecule has 1 rings (SSSR count). The normalized spacial score (nSPS) is 11.3. The van der Waals surface area contributed by atoms with E-state index in [0.717, 1.165) is 25.1 Å². The van der Waals surface area contributed by atoms with E-state index in [1.165, 1.54) is 0 Å². The van der Waals surface area contributed by atoms with E-state index in [4.69, 9.17) is 5.84 Å². The van der Waals surface area contributed by atoms with Crippen LogP contribution in [0, 0.1) is 0 Å². The highest BCUT2D eigenvalue weighted by atomic mass is 15.4. The van der Waals surface area contributed by atoms with Gasteiger partial charge in [0.05, 0.1) is 11.9 Å². The summed E-state index contributed by atoms with van der Waals surface area (Å²) in [4.78, 5) is 10.3. The fraction of sp³-hybridized carbons (Fsp3) is 0.455. The molecule has 0 bridgehead atoms. The van der Waals surface area contributed by atoms with Gasteiger partial charge in [0.25, 0.3) is 0 Å². The SMILES string of the molecule is CCCCN=C(NN)N(C)c1cccnc1. The Kier molecular flexibility index (Phi) is 5.28. The van der Waals surface area contributed by atoms with Gasteiger partial charge >= 0.3 is 0 Å². The van der Waals surface area contributed by atoms with Crippen molar-refractivity contribution in [2.45, 2.75) is 19.8 Å². The Balaban J connectivity index is 2.69. The van der Waals surface area contributed by atoms with Crippen LogP contribution in [0.15, 0.2) is 29.5 Å². The Morgan fingerprint density at radius 2 is 2.44 bits per heavy atom. The van der Waals surface area contributed by atoms with Gasteiger partial charge in [-0.3, -0.25) is 15.4 Å². The predicted molar refractivity (Wildman–Crippen MR) is 67.2 cm³/mol. The summed E-state index contributed by atoms with van der Waals surface area (Å²) in [7, 11) is 1.90. The summed E-state index contributed by atoms with van der Waals surface area (Å²) in [5.41, 5.74) is 3.56. The van der Waals surface area contributed by atoms with E-state index in [-0.39, 0.29) is 0 Å². The van der Waals surface area contributed by atoms with E-state index in [2.05, 4.69) is 22.3 Å². The highest BCUT2D eigenvalue weighted by Gasteiger charge is 2.06. The van der Waals surface area contributed by atoms with Crippen LogP contribution in [0.5, 0.6) is 0 Å².